The van der Waals surface area contributed by atoms with E-state index in [9.17, 15) is 0 Å². The fourth-order valence-electron chi connectivity index (χ4n) is 1.50. The van der Waals surface area contributed by atoms with E-state index >= 15 is 0 Å². The van der Waals surface area contributed by atoms with Crippen molar-refractivity contribution in [3.05, 3.63) is 11.9 Å². The molecule has 4 heteroatoms. The van der Waals surface area contributed by atoms with Crippen LogP contribution in [0.4, 0.5) is 11.6 Å². The van der Waals surface area contributed by atoms with Crippen LogP contribution >= 0.6 is 0 Å². The van der Waals surface area contributed by atoms with Gasteiger partial charge < -0.3 is 10.6 Å². The zero-order chi connectivity index (χ0) is 12.7. The maximum absolute atomic E-state index is 4.52. The molecule has 0 amide bonds. The SMILES string of the molecule is CCCc1nc(NCC)cc(NCC(C)C)n1. The van der Waals surface area contributed by atoms with Crippen molar-refractivity contribution in [2.45, 2.75) is 40.5 Å². The third-order valence-electron chi connectivity index (χ3n) is 2.30. The lowest BCUT2D eigenvalue weighted by molar-refractivity contribution is 0.685. The Hall–Kier alpha value is -1.32. The Balaban J connectivity index is 2.79. The van der Waals surface area contributed by atoms with Gasteiger partial charge in [0.15, 0.2) is 0 Å². The standard InChI is InChI=1S/C13H24N4/c1-5-7-11-16-12(14-6-2)8-13(17-11)15-9-10(3)4/h8,10H,5-7,9H2,1-4H3,(H2,14,15,16,17). The molecule has 1 aromatic heterocycles. The summed E-state index contributed by atoms with van der Waals surface area (Å²) < 4.78 is 0. The molecule has 0 aliphatic heterocycles. The van der Waals surface area contributed by atoms with Crippen LogP contribution < -0.4 is 10.6 Å². The highest BCUT2D eigenvalue weighted by atomic mass is 15.1. The van der Waals surface area contributed by atoms with Gasteiger partial charge in [0.05, 0.1) is 0 Å². The van der Waals surface area contributed by atoms with E-state index in [0.29, 0.717) is 5.92 Å². The lowest BCUT2D eigenvalue weighted by atomic mass is 10.2. The van der Waals surface area contributed by atoms with Gasteiger partial charge in [-0.25, -0.2) is 9.97 Å². The Morgan fingerprint density at radius 1 is 1.12 bits per heavy atom. The number of aromatic nitrogens is 2. The largest absolute Gasteiger partial charge is 0.370 e. The molecule has 0 atom stereocenters. The zero-order valence-corrected chi connectivity index (χ0v) is 11.4. The molecule has 0 unspecified atom stereocenters. The normalized spacial score (nSPS) is 10.6. The quantitative estimate of drug-likeness (QED) is 0.764. The summed E-state index contributed by atoms with van der Waals surface area (Å²) in [6.07, 6.45) is 1.99. The highest BCUT2D eigenvalue weighted by Crippen LogP contribution is 2.12. The van der Waals surface area contributed by atoms with Gasteiger partial charge in [-0.2, -0.15) is 0 Å². The Morgan fingerprint density at radius 2 is 1.76 bits per heavy atom. The van der Waals surface area contributed by atoms with Gasteiger partial charge in [-0.1, -0.05) is 20.8 Å². The van der Waals surface area contributed by atoms with Gasteiger partial charge in [-0.05, 0) is 19.3 Å². The number of hydrogen-bond acceptors (Lipinski definition) is 4. The molecule has 0 bridgehead atoms. The van der Waals surface area contributed by atoms with Crippen molar-refractivity contribution in [3.63, 3.8) is 0 Å². The summed E-state index contributed by atoms with van der Waals surface area (Å²) in [5.74, 6) is 3.37. The van der Waals surface area contributed by atoms with E-state index in [4.69, 9.17) is 0 Å². The van der Waals surface area contributed by atoms with E-state index in [1.54, 1.807) is 0 Å². The van der Waals surface area contributed by atoms with Crippen molar-refractivity contribution in [1.29, 1.82) is 0 Å². The van der Waals surface area contributed by atoms with Gasteiger partial charge in [-0.15, -0.1) is 0 Å². The molecule has 0 aliphatic rings. The third kappa shape index (κ3) is 5.02. The molecule has 0 spiro atoms. The monoisotopic (exact) mass is 236 g/mol. The molecular formula is C13H24N4. The van der Waals surface area contributed by atoms with Crippen molar-refractivity contribution < 1.29 is 0 Å². The average molecular weight is 236 g/mol. The van der Waals surface area contributed by atoms with Gasteiger partial charge in [0.2, 0.25) is 0 Å². The molecule has 17 heavy (non-hydrogen) atoms. The molecule has 1 rings (SSSR count). The summed E-state index contributed by atoms with van der Waals surface area (Å²) in [6.45, 7) is 10.4. The number of rotatable bonds is 7. The summed E-state index contributed by atoms with van der Waals surface area (Å²) in [5.41, 5.74) is 0. The summed E-state index contributed by atoms with van der Waals surface area (Å²) in [4.78, 5) is 8.99. The van der Waals surface area contributed by atoms with Gasteiger partial charge in [0.25, 0.3) is 0 Å². The maximum atomic E-state index is 4.52. The van der Waals surface area contributed by atoms with Crippen LogP contribution in [0.25, 0.3) is 0 Å². The van der Waals surface area contributed by atoms with Crippen LogP contribution in [-0.4, -0.2) is 23.1 Å². The second kappa shape index (κ2) is 7.09. The molecule has 1 aromatic rings. The number of nitrogens with one attached hydrogen (secondary N) is 2. The first-order valence-electron chi connectivity index (χ1n) is 6.51. The molecular weight excluding hydrogens is 212 g/mol. The summed E-state index contributed by atoms with van der Waals surface area (Å²) in [6, 6.07) is 1.98. The Labute approximate surface area is 104 Å². The number of aryl methyl sites for hydroxylation is 1. The molecule has 0 aliphatic carbocycles. The highest BCUT2D eigenvalue weighted by Gasteiger charge is 2.04. The lowest BCUT2D eigenvalue weighted by Gasteiger charge is -2.11. The molecule has 0 saturated heterocycles. The van der Waals surface area contributed by atoms with Crippen LogP contribution in [0, 0.1) is 5.92 Å². The third-order valence-corrected chi connectivity index (χ3v) is 2.30. The molecule has 0 aromatic carbocycles. The van der Waals surface area contributed by atoms with E-state index < -0.39 is 0 Å². The van der Waals surface area contributed by atoms with Crippen molar-refractivity contribution in [2.75, 3.05) is 23.7 Å². The van der Waals surface area contributed by atoms with E-state index in [-0.39, 0.29) is 0 Å². The lowest BCUT2D eigenvalue weighted by Crippen LogP contribution is -2.12. The fourth-order valence-corrected chi connectivity index (χ4v) is 1.50. The number of hydrogen-bond donors (Lipinski definition) is 2. The second-order valence-electron chi connectivity index (χ2n) is 4.61. The fraction of sp³-hybridized carbons (Fsp3) is 0.692. The molecule has 1 heterocycles. The van der Waals surface area contributed by atoms with Gasteiger partial charge in [0.1, 0.15) is 17.5 Å². The van der Waals surface area contributed by atoms with E-state index in [1.807, 2.05) is 6.07 Å². The predicted molar refractivity (Wildman–Crippen MR) is 73.5 cm³/mol. The van der Waals surface area contributed by atoms with Gasteiger partial charge in [-0.3, -0.25) is 0 Å². The smallest absolute Gasteiger partial charge is 0.133 e. The van der Waals surface area contributed by atoms with Crippen molar-refractivity contribution in [1.82, 2.24) is 9.97 Å². The minimum absolute atomic E-state index is 0.613. The molecule has 2 N–H and O–H groups in total. The summed E-state index contributed by atoms with van der Waals surface area (Å²) in [5, 5.41) is 6.59. The van der Waals surface area contributed by atoms with Gasteiger partial charge >= 0.3 is 0 Å². The van der Waals surface area contributed by atoms with Crippen LogP contribution in [0.1, 0.15) is 39.9 Å². The van der Waals surface area contributed by atoms with E-state index in [0.717, 1.165) is 43.4 Å². The molecule has 0 radical (unpaired) electrons. The first kappa shape index (κ1) is 13.7. The summed E-state index contributed by atoms with van der Waals surface area (Å²) >= 11 is 0. The molecule has 96 valence electrons. The van der Waals surface area contributed by atoms with Crippen molar-refractivity contribution >= 4 is 11.6 Å². The molecule has 0 fully saturated rings. The van der Waals surface area contributed by atoms with E-state index in [1.165, 1.54) is 0 Å². The van der Waals surface area contributed by atoms with Crippen molar-refractivity contribution in [3.8, 4) is 0 Å². The van der Waals surface area contributed by atoms with Crippen LogP contribution in [0.3, 0.4) is 0 Å². The van der Waals surface area contributed by atoms with Crippen LogP contribution in [-0.2, 0) is 6.42 Å². The van der Waals surface area contributed by atoms with Crippen LogP contribution in [0.15, 0.2) is 6.07 Å². The first-order valence-corrected chi connectivity index (χ1v) is 6.51. The second-order valence-corrected chi connectivity index (χ2v) is 4.61. The number of anilines is 2. The van der Waals surface area contributed by atoms with Gasteiger partial charge in [0, 0.05) is 25.6 Å². The summed E-state index contributed by atoms with van der Waals surface area (Å²) in [7, 11) is 0. The van der Waals surface area contributed by atoms with E-state index in [2.05, 4.69) is 48.3 Å². The Bertz CT molecular complexity index is 312. The Kier molecular flexibility index (Phi) is 5.73. The van der Waals surface area contributed by atoms with Crippen molar-refractivity contribution in [2.24, 2.45) is 5.92 Å². The minimum Gasteiger partial charge on any atom is -0.370 e. The molecule has 4 nitrogen and oxygen atoms in total. The maximum Gasteiger partial charge on any atom is 0.133 e. The van der Waals surface area contributed by atoms with Crippen LogP contribution in [0.2, 0.25) is 0 Å². The highest BCUT2D eigenvalue weighted by molar-refractivity contribution is 5.47. The predicted octanol–water partition coefficient (Wildman–Crippen LogP) is 2.93. The topological polar surface area (TPSA) is 49.8 Å². The Morgan fingerprint density at radius 3 is 2.29 bits per heavy atom. The van der Waals surface area contributed by atoms with Crippen LogP contribution in [0.5, 0.6) is 0 Å². The number of nitrogens with zero attached hydrogens (tertiary/aromatic N) is 2. The average Bonchev–Trinajstić information content (AvgIpc) is 2.27. The first-order chi connectivity index (χ1) is 8.15. The molecule has 0 saturated carbocycles. The zero-order valence-electron chi connectivity index (χ0n) is 11.4. The minimum atomic E-state index is 0.613.